The first-order valence-electron chi connectivity index (χ1n) is 13.3. The number of ether oxygens (including phenoxy) is 1. The molecule has 4 rings (SSSR count). The maximum Gasteiger partial charge on any atom is 0.258 e. The van der Waals surface area contributed by atoms with E-state index in [0.717, 1.165) is 88.1 Å². The zero-order chi connectivity index (χ0) is 23.2. The molecule has 0 amide bonds. The summed E-state index contributed by atoms with van der Waals surface area (Å²) in [5.41, 5.74) is 2.66. The van der Waals surface area contributed by atoms with Crippen molar-refractivity contribution in [2.45, 2.75) is 78.2 Å². The summed E-state index contributed by atoms with van der Waals surface area (Å²) >= 11 is 0. The number of aromatic nitrogens is 2. The summed E-state index contributed by atoms with van der Waals surface area (Å²) in [4.78, 5) is 31.4. The van der Waals surface area contributed by atoms with Gasteiger partial charge < -0.3 is 9.64 Å². The number of nitrogens with one attached hydrogen (secondary N) is 1. The maximum atomic E-state index is 13.3. The standard InChI is InChI=1S/C26H43N5O2/c1-4-9-21-24-22(23(27-21)19(2)3)25(32)29-26(28-24)31(18-20-10-6-5-7-11-20)13-8-12-30-14-16-33-17-15-30/h19-20,23H,4-18H2,1-3H3,(H,28,29,32). The molecule has 0 spiro atoms. The Morgan fingerprint density at radius 2 is 1.94 bits per heavy atom. The zero-order valence-electron chi connectivity index (χ0n) is 20.9. The van der Waals surface area contributed by atoms with E-state index in [0.29, 0.717) is 11.8 Å². The van der Waals surface area contributed by atoms with Gasteiger partial charge in [-0.2, -0.15) is 0 Å². The number of nitrogens with zero attached hydrogens (tertiary/aromatic N) is 4. The number of fused-ring (bicyclic) bond motifs is 1. The van der Waals surface area contributed by atoms with Gasteiger partial charge >= 0.3 is 0 Å². The third-order valence-electron chi connectivity index (χ3n) is 7.43. The van der Waals surface area contributed by atoms with Crippen LogP contribution in [0.3, 0.4) is 0 Å². The molecule has 1 saturated carbocycles. The molecule has 0 aromatic carbocycles. The van der Waals surface area contributed by atoms with Crippen molar-refractivity contribution < 1.29 is 4.74 Å². The molecule has 33 heavy (non-hydrogen) atoms. The molecule has 1 atom stereocenters. The smallest absolute Gasteiger partial charge is 0.258 e. The van der Waals surface area contributed by atoms with Crippen LogP contribution in [0.5, 0.6) is 0 Å². The Labute approximate surface area is 199 Å². The average molecular weight is 458 g/mol. The minimum absolute atomic E-state index is 0.00498. The lowest BCUT2D eigenvalue weighted by Crippen LogP contribution is -2.39. The lowest BCUT2D eigenvalue weighted by atomic mass is 9.89. The topological polar surface area (TPSA) is 73.8 Å². The second-order valence-electron chi connectivity index (χ2n) is 10.4. The van der Waals surface area contributed by atoms with Gasteiger partial charge in [0.15, 0.2) is 0 Å². The second-order valence-corrected chi connectivity index (χ2v) is 10.4. The fourth-order valence-electron chi connectivity index (χ4n) is 5.59. The van der Waals surface area contributed by atoms with Gasteiger partial charge in [-0.3, -0.25) is 19.7 Å². The Bertz CT molecular complexity index is 853. The summed E-state index contributed by atoms with van der Waals surface area (Å²) in [5.74, 6) is 1.73. The highest BCUT2D eigenvalue weighted by Gasteiger charge is 2.32. The van der Waals surface area contributed by atoms with Gasteiger partial charge in [-0.1, -0.05) is 46.5 Å². The Morgan fingerprint density at radius 3 is 2.64 bits per heavy atom. The van der Waals surface area contributed by atoms with Crippen LogP contribution in [0.2, 0.25) is 0 Å². The molecule has 0 bridgehead atoms. The van der Waals surface area contributed by atoms with Crippen molar-refractivity contribution >= 4 is 11.7 Å². The van der Waals surface area contributed by atoms with E-state index in [2.05, 4.69) is 35.6 Å². The van der Waals surface area contributed by atoms with E-state index in [1.54, 1.807) is 0 Å². The minimum atomic E-state index is -0.0695. The molecule has 1 aromatic rings. The third kappa shape index (κ3) is 6.04. The lowest BCUT2D eigenvalue weighted by molar-refractivity contribution is 0.0376. The molecule has 1 unspecified atom stereocenters. The van der Waals surface area contributed by atoms with Crippen molar-refractivity contribution in [3.8, 4) is 0 Å². The molecular formula is C26H43N5O2. The molecular weight excluding hydrogens is 414 g/mol. The summed E-state index contributed by atoms with van der Waals surface area (Å²) in [7, 11) is 0. The number of H-pyrrole nitrogens is 1. The number of hydrogen-bond donors (Lipinski definition) is 1. The van der Waals surface area contributed by atoms with Crippen molar-refractivity contribution in [1.29, 1.82) is 0 Å². The van der Waals surface area contributed by atoms with Gasteiger partial charge in [0.1, 0.15) is 0 Å². The predicted molar refractivity (Wildman–Crippen MR) is 135 cm³/mol. The SMILES string of the molecule is CCCC1=NC(C(C)C)c2c1nc(N(CCCN1CCOCC1)CC1CCCCC1)[nH]c2=O. The molecule has 3 heterocycles. The molecule has 1 saturated heterocycles. The molecule has 7 heteroatoms. The fraction of sp³-hybridized carbons (Fsp3) is 0.808. The molecule has 0 radical (unpaired) electrons. The number of morpholine rings is 1. The number of anilines is 1. The Morgan fingerprint density at radius 1 is 1.18 bits per heavy atom. The molecule has 2 fully saturated rings. The van der Waals surface area contributed by atoms with Crippen molar-refractivity contribution in [2.75, 3.05) is 50.8 Å². The summed E-state index contributed by atoms with van der Waals surface area (Å²) < 4.78 is 5.49. The number of rotatable bonds is 10. The van der Waals surface area contributed by atoms with Gasteiger partial charge in [-0.25, -0.2) is 4.98 Å². The summed E-state index contributed by atoms with van der Waals surface area (Å²) in [6.07, 6.45) is 9.53. The van der Waals surface area contributed by atoms with Crippen LogP contribution in [-0.2, 0) is 4.74 Å². The molecule has 1 N–H and O–H groups in total. The summed E-state index contributed by atoms with van der Waals surface area (Å²) in [6, 6.07) is -0.0695. The van der Waals surface area contributed by atoms with Crippen LogP contribution in [-0.4, -0.2) is 66.5 Å². The number of aliphatic imine (C=N–C) groups is 1. The quantitative estimate of drug-likeness (QED) is 0.571. The number of hydrogen-bond acceptors (Lipinski definition) is 6. The molecule has 184 valence electrons. The normalized spacial score (nSPS) is 21.9. The van der Waals surface area contributed by atoms with Crippen molar-refractivity contribution in [2.24, 2.45) is 16.8 Å². The van der Waals surface area contributed by atoms with E-state index in [1.807, 2.05) is 0 Å². The summed E-state index contributed by atoms with van der Waals surface area (Å²) in [5, 5.41) is 0. The third-order valence-corrected chi connectivity index (χ3v) is 7.43. The lowest BCUT2D eigenvalue weighted by Gasteiger charge is -2.32. The second kappa shape index (κ2) is 11.6. The van der Waals surface area contributed by atoms with Gasteiger partial charge in [0.25, 0.3) is 5.56 Å². The summed E-state index contributed by atoms with van der Waals surface area (Å²) in [6.45, 7) is 13.1. The van der Waals surface area contributed by atoms with Crippen LogP contribution in [0.1, 0.15) is 89.4 Å². The van der Waals surface area contributed by atoms with E-state index in [4.69, 9.17) is 14.7 Å². The van der Waals surface area contributed by atoms with Crippen LogP contribution in [0, 0.1) is 11.8 Å². The average Bonchev–Trinajstić information content (AvgIpc) is 3.19. The highest BCUT2D eigenvalue weighted by atomic mass is 16.5. The maximum absolute atomic E-state index is 13.3. The van der Waals surface area contributed by atoms with Crippen LogP contribution >= 0.6 is 0 Å². The van der Waals surface area contributed by atoms with E-state index in [1.165, 1.54) is 32.1 Å². The van der Waals surface area contributed by atoms with Gasteiger partial charge in [0.05, 0.1) is 36.2 Å². The number of aromatic amines is 1. The monoisotopic (exact) mass is 457 g/mol. The minimum Gasteiger partial charge on any atom is -0.379 e. The first kappa shape index (κ1) is 24.4. The van der Waals surface area contributed by atoms with E-state index >= 15 is 0 Å². The van der Waals surface area contributed by atoms with Crippen LogP contribution in [0.25, 0.3) is 0 Å². The predicted octanol–water partition coefficient (Wildman–Crippen LogP) is 4.18. The van der Waals surface area contributed by atoms with Crippen molar-refractivity contribution in [1.82, 2.24) is 14.9 Å². The van der Waals surface area contributed by atoms with Crippen LogP contribution in [0.4, 0.5) is 5.95 Å². The van der Waals surface area contributed by atoms with E-state index < -0.39 is 0 Å². The van der Waals surface area contributed by atoms with Crippen LogP contribution < -0.4 is 10.5 Å². The van der Waals surface area contributed by atoms with Gasteiger partial charge in [-0.15, -0.1) is 0 Å². The molecule has 7 nitrogen and oxygen atoms in total. The van der Waals surface area contributed by atoms with Gasteiger partial charge in [-0.05, 0) is 37.5 Å². The Kier molecular flexibility index (Phi) is 8.58. The fourth-order valence-corrected chi connectivity index (χ4v) is 5.59. The van der Waals surface area contributed by atoms with Gasteiger partial charge in [0, 0.05) is 32.7 Å². The first-order chi connectivity index (χ1) is 16.1. The largest absolute Gasteiger partial charge is 0.379 e. The molecule has 2 aliphatic heterocycles. The Balaban J connectivity index is 1.56. The van der Waals surface area contributed by atoms with Gasteiger partial charge in [0.2, 0.25) is 5.95 Å². The van der Waals surface area contributed by atoms with E-state index in [9.17, 15) is 4.79 Å². The highest BCUT2D eigenvalue weighted by Crippen LogP contribution is 2.34. The highest BCUT2D eigenvalue weighted by molar-refractivity contribution is 6.02. The van der Waals surface area contributed by atoms with E-state index in [-0.39, 0.29) is 11.6 Å². The molecule has 1 aromatic heterocycles. The Hall–Kier alpha value is -1.73. The van der Waals surface area contributed by atoms with Crippen molar-refractivity contribution in [3.63, 3.8) is 0 Å². The first-order valence-corrected chi connectivity index (χ1v) is 13.3. The molecule has 1 aliphatic carbocycles. The molecule has 3 aliphatic rings. The zero-order valence-corrected chi connectivity index (χ0v) is 20.9. The van der Waals surface area contributed by atoms with Crippen molar-refractivity contribution in [3.05, 3.63) is 21.6 Å². The van der Waals surface area contributed by atoms with Crippen LogP contribution in [0.15, 0.2) is 9.79 Å².